The van der Waals surface area contributed by atoms with Crippen molar-refractivity contribution in [1.82, 2.24) is 0 Å². The highest BCUT2D eigenvalue weighted by atomic mass is 32.1. The highest BCUT2D eigenvalue weighted by Gasteiger charge is 2.30. The molecule has 12 heavy (non-hydrogen) atoms. The molecule has 2 N–H and O–H groups in total. The molecule has 1 aliphatic carbocycles. The first-order chi connectivity index (χ1) is 5.81. The number of hydrogen-bond donors (Lipinski definition) is 1. The van der Waals surface area contributed by atoms with Crippen molar-refractivity contribution in [1.29, 1.82) is 0 Å². The van der Waals surface area contributed by atoms with E-state index in [1.165, 1.54) is 17.7 Å². The molecule has 0 spiro atoms. The van der Waals surface area contributed by atoms with Crippen LogP contribution in [0.2, 0.25) is 0 Å². The van der Waals surface area contributed by atoms with Gasteiger partial charge in [-0.25, -0.2) is 0 Å². The van der Waals surface area contributed by atoms with E-state index in [1.54, 1.807) is 18.4 Å². The zero-order chi connectivity index (χ0) is 8.55. The molecule has 0 aromatic carbocycles. The molecule has 0 radical (unpaired) electrons. The van der Waals surface area contributed by atoms with Gasteiger partial charge in [-0.15, -0.1) is 11.3 Å². The van der Waals surface area contributed by atoms with Gasteiger partial charge in [0.1, 0.15) is 0 Å². The molecule has 0 saturated heterocycles. The van der Waals surface area contributed by atoms with Gasteiger partial charge in [0, 0.05) is 10.9 Å². The Balaban J connectivity index is 2.10. The Bertz CT molecular complexity index is 267. The molecule has 0 bridgehead atoms. The van der Waals surface area contributed by atoms with Gasteiger partial charge in [-0.3, -0.25) is 0 Å². The second-order valence-electron chi connectivity index (χ2n) is 3.22. The van der Waals surface area contributed by atoms with Crippen LogP contribution in [0.15, 0.2) is 12.1 Å². The minimum absolute atomic E-state index is 0.249. The predicted octanol–water partition coefficient (Wildman–Crippen LogP) is 2.17. The molecule has 2 nitrogen and oxygen atoms in total. The van der Waals surface area contributed by atoms with Crippen molar-refractivity contribution in [2.45, 2.75) is 18.9 Å². The lowest BCUT2D eigenvalue weighted by Crippen LogP contribution is -2.10. The first-order valence-electron chi connectivity index (χ1n) is 4.20. The molecule has 1 aromatic rings. The third kappa shape index (κ3) is 1.47. The van der Waals surface area contributed by atoms with E-state index in [4.69, 9.17) is 10.5 Å². The molecule has 66 valence electrons. The van der Waals surface area contributed by atoms with Crippen LogP contribution in [0, 0.1) is 5.92 Å². The van der Waals surface area contributed by atoms with Crippen molar-refractivity contribution in [2.75, 3.05) is 7.11 Å². The minimum atomic E-state index is 0.249. The number of ether oxygens (including phenoxy) is 1. The molecule has 3 heteroatoms. The summed E-state index contributed by atoms with van der Waals surface area (Å²) in [5.41, 5.74) is 6.02. The second kappa shape index (κ2) is 3.07. The summed E-state index contributed by atoms with van der Waals surface area (Å²) in [6.07, 6.45) is 2.59. The molecule has 1 aromatic heterocycles. The van der Waals surface area contributed by atoms with Gasteiger partial charge in [-0.05, 0) is 30.9 Å². The Morgan fingerprint density at radius 3 is 2.83 bits per heavy atom. The number of methoxy groups -OCH3 is 1. The van der Waals surface area contributed by atoms with Crippen LogP contribution in [0.1, 0.15) is 23.8 Å². The molecular weight excluding hydrogens is 170 g/mol. The summed E-state index contributed by atoms with van der Waals surface area (Å²) in [6, 6.07) is 4.31. The zero-order valence-corrected chi connectivity index (χ0v) is 7.93. The summed E-state index contributed by atoms with van der Waals surface area (Å²) >= 11 is 1.66. The third-order valence-corrected chi connectivity index (χ3v) is 3.41. The van der Waals surface area contributed by atoms with Crippen LogP contribution in [0.4, 0.5) is 0 Å². The second-order valence-corrected chi connectivity index (χ2v) is 4.30. The summed E-state index contributed by atoms with van der Waals surface area (Å²) in [5, 5.41) is 0.959. The number of thiophene rings is 1. The maximum atomic E-state index is 6.02. The average molecular weight is 183 g/mol. The fourth-order valence-corrected chi connectivity index (χ4v) is 2.23. The first-order valence-corrected chi connectivity index (χ1v) is 5.02. The van der Waals surface area contributed by atoms with Gasteiger partial charge in [-0.1, -0.05) is 0 Å². The standard InChI is InChI=1S/C9H13NOS/c1-11-8-5-4-7(12-8)9(10)6-2-3-6/h4-6,9H,2-3,10H2,1H3/t9-/m0/s1. The highest BCUT2D eigenvalue weighted by molar-refractivity contribution is 7.13. The SMILES string of the molecule is COc1ccc([C@@H](N)C2CC2)s1. The lowest BCUT2D eigenvalue weighted by atomic mass is 10.2. The Kier molecular flexibility index (Phi) is 2.07. The van der Waals surface area contributed by atoms with Crippen LogP contribution >= 0.6 is 11.3 Å². The largest absolute Gasteiger partial charge is 0.487 e. The van der Waals surface area contributed by atoms with Gasteiger partial charge < -0.3 is 10.5 Å². The summed E-state index contributed by atoms with van der Waals surface area (Å²) in [5.74, 6) is 0.730. The molecule has 0 aliphatic heterocycles. The van der Waals surface area contributed by atoms with E-state index in [1.807, 2.05) is 6.07 Å². The number of nitrogens with two attached hydrogens (primary N) is 1. The predicted molar refractivity (Wildman–Crippen MR) is 50.5 cm³/mol. The molecule has 1 atom stereocenters. The number of rotatable bonds is 3. The Morgan fingerprint density at radius 2 is 2.33 bits per heavy atom. The van der Waals surface area contributed by atoms with E-state index < -0.39 is 0 Å². The fraction of sp³-hybridized carbons (Fsp3) is 0.556. The average Bonchev–Trinajstić information content (AvgIpc) is 2.82. The minimum Gasteiger partial charge on any atom is -0.487 e. The van der Waals surface area contributed by atoms with Crippen molar-refractivity contribution < 1.29 is 4.74 Å². The maximum Gasteiger partial charge on any atom is 0.173 e. The fourth-order valence-electron chi connectivity index (χ4n) is 1.31. The quantitative estimate of drug-likeness (QED) is 0.779. The Morgan fingerprint density at radius 1 is 1.58 bits per heavy atom. The highest BCUT2D eigenvalue weighted by Crippen LogP contribution is 2.42. The third-order valence-electron chi connectivity index (χ3n) is 2.26. The summed E-state index contributed by atoms with van der Waals surface area (Å²) in [7, 11) is 1.69. The molecule has 1 fully saturated rings. The lowest BCUT2D eigenvalue weighted by molar-refractivity contribution is 0.427. The van der Waals surface area contributed by atoms with Crippen molar-refractivity contribution in [3.05, 3.63) is 17.0 Å². The van der Waals surface area contributed by atoms with E-state index in [2.05, 4.69) is 6.07 Å². The monoisotopic (exact) mass is 183 g/mol. The Hall–Kier alpha value is -0.540. The molecule has 1 saturated carbocycles. The van der Waals surface area contributed by atoms with E-state index in [9.17, 15) is 0 Å². The van der Waals surface area contributed by atoms with Crippen LogP contribution in [-0.2, 0) is 0 Å². The van der Waals surface area contributed by atoms with Crippen molar-refractivity contribution in [3.8, 4) is 5.06 Å². The van der Waals surface area contributed by atoms with Crippen LogP contribution in [0.25, 0.3) is 0 Å². The van der Waals surface area contributed by atoms with E-state index in [-0.39, 0.29) is 6.04 Å². The van der Waals surface area contributed by atoms with Gasteiger partial charge in [0.05, 0.1) is 7.11 Å². The number of hydrogen-bond acceptors (Lipinski definition) is 3. The van der Waals surface area contributed by atoms with Gasteiger partial charge in [0.15, 0.2) is 5.06 Å². The molecular formula is C9H13NOS. The van der Waals surface area contributed by atoms with Gasteiger partial charge in [0.25, 0.3) is 0 Å². The maximum absolute atomic E-state index is 6.02. The van der Waals surface area contributed by atoms with Crippen molar-refractivity contribution in [3.63, 3.8) is 0 Å². The molecule has 0 unspecified atom stereocenters. The van der Waals surface area contributed by atoms with E-state index >= 15 is 0 Å². The lowest BCUT2D eigenvalue weighted by Gasteiger charge is -2.05. The summed E-state index contributed by atoms with van der Waals surface area (Å²) in [6.45, 7) is 0. The smallest absolute Gasteiger partial charge is 0.173 e. The molecule has 0 amide bonds. The van der Waals surface area contributed by atoms with Crippen molar-refractivity contribution in [2.24, 2.45) is 11.7 Å². The van der Waals surface area contributed by atoms with Gasteiger partial charge >= 0.3 is 0 Å². The molecule has 2 rings (SSSR count). The Labute approximate surface area is 76.3 Å². The summed E-state index contributed by atoms with van der Waals surface area (Å²) in [4.78, 5) is 1.26. The molecule has 1 aliphatic rings. The molecule has 1 heterocycles. The van der Waals surface area contributed by atoms with Crippen LogP contribution in [0.5, 0.6) is 5.06 Å². The normalized spacial score (nSPS) is 19.2. The van der Waals surface area contributed by atoms with Crippen LogP contribution in [-0.4, -0.2) is 7.11 Å². The van der Waals surface area contributed by atoms with Crippen LogP contribution in [0.3, 0.4) is 0 Å². The summed E-state index contributed by atoms with van der Waals surface area (Å²) < 4.78 is 5.11. The van der Waals surface area contributed by atoms with Crippen molar-refractivity contribution >= 4 is 11.3 Å². The van der Waals surface area contributed by atoms with E-state index in [0.29, 0.717) is 0 Å². The van der Waals surface area contributed by atoms with Gasteiger partial charge in [0.2, 0.25) is 0 Å². The zero-order valence-electron chi connectivity index (χ0n) is 7.12. The van der Waals surface area contributed by atoms with Gasteiger partial charge in [-0.2, -0.15) is 0 Å². The first kappa shape index (κ1) is 8.08. The topological polar surface area (TPSA) is 35.2 Å². The van der Waals surface area contributed by atoms with E-state index in [0.717, 1.165) is 11.0 Å². The van der Waals surface area contributed by atoms with Crippen LogP contribution < -0.4 is 10.5 Å².